The quantitative estimate of drug-likeness (QED) is 0.850. The SMILES string of the molecule is CN(C)CCN(C)C(=O)c1cc(S)ccc1Cl. The summed E-state index contributed by atoms with van der Waals surface area (Å²) >= 11 is 10.2. The first-order valence-electron chi connectivity index (χ1n) is 5.30. The van der Waals surface area contributed by atoms with Gasteiger partial charge in [-0.3, -0.25) is 4.79 Å². The third-order valence-corrected chi connectivity index (χ3v) is 3.02. The highest BCUT2D eigenvalue weighted by molar-refractivity contribution is 7.80. The molecular formula is C12H17ClN2OS. The van der Waals surface area contributed by atoms with Crippen molar-refractivity contribution in [2.45, 2.75) is 4.90 Å². The molecule has 0 unspecified atom stereocenters. The average molecular weight is 273 g/mol. The van der Waals surface area contributed by atoms with Gasteiger partial charge < -0.3 is 9.80 Å². The van der Waals surface area contributed by atoms with Crippen molar-refractivity contribution in [1.29, 1.82) is 0 Å². The number of amides is 1. The number of thiol groups is 1. The Bertz CT molecular complexity index is 409. The second-order valence-corrected chi connectivity index (χ2v) is 5.12. The number of benzene rings is 1. The van der Waals surface area contributed by atoms with E-state index < -0.39 is 0 Å². The second-order valence-electron chi connectivity index (χ2n) is 4.19. The maximum atomic E-state index is 12.1. The summed E-state index contributed by atoms with van der Waals surface area (Å²) in [5.41, 5.74) is 0.500. The molecule has 0 saturated heterocycles. The van der Waals surface area contributed by atoms with Crippen LogP contribution < -0.4 is 0 Å². The monoisotopic (exact) mass is 272 g/mol. The fourth-order valence-corrected chi connectivity index (χ4v) is 1.74. The van der Waals surface area contributed by atoms with Gasteiger partial charge in [0.05, 0.1) is 10.6 Å². The lowest BCUT2D eigenvalue weighted by Gasteiger charge is -2.20. The van der Waals surface area contributed by atoms with Crippen LogP contribution >= 0.6 is 24.2 Å². The normalized spacial score (nSPS) is 10.7. The zero-order valence-electron chi connectivity index (χ0n) is 10.3. The smallest absolute Gasteiger partial charge is 0.255 e. The molecule has 0 radical (unpaired) electrons. The summed E-state index contributed by atoms with van der Waals surface area (Å²) in [6.45, 7) is 1.49. The fourth-order valence-electron chi connectivity index (χ4n) is 1.33. The van der Waals surface area contributed by atoms with Gasteiger partial charge in [0, 0.05) is 25.0 Å². The van der Waals surface area contributed by atoms with E-state index in [-0.39, 0.29) is 5.91 Å². The van der Waals surface area contributed by atoms with E-state index >= 15 is 0 Å². The van der Waals surface area contributed by atoms with Gasteiger partial charge in [-0.25, -0.2) is 0 Å². The summed E-state index contributed by atoms with van der Waals surface area (Å²) in [5.74, 6) is -0.0762. The Hall–Kier alpha value is -0.710. The molecule has 0 atom stereocenters. The largest absolute Gasteiger partial charge is 0.340 e. The molecule has 0 aromatic heterocycles. The maximum Gasteiger partial charge on any atom is 0.255 e. The van der Waals surface area contributed by atoms with Crippen LogP contribution in [0.4, 0.5) is 0 Å². The van der Waals surface area contributed by atoms with Crippen molar-refractivity contribution in [2.24, 2.45) is 0 Å². The van der Waals surface area contributed by atoms with Crippen LogP contribution in [0.15, 0.2) is 23.1 Å². The van der Waals surface area contributed by atoms with Crippen molar-refractivity contribution in [3.8, 4) is 0 Å². The first-order chi connectivity index (χ1) is 7.91. The van der Waals surface area contributed by atoms with E-state index in [1.165, 1.54) is 0 Å². The Labute approximate surface area is 113 Å². The summed E-state index contributed by atoms with van der Waals surface area (Å²) in [4.78, 5) is 16.5. The molecule has 0 N–H and O–H groups in total. The number of hydrogen-bond donors (Lipinski definition) is 1. The van der Waals surface area contributed by atoms with Gasteiger partial charge in [0.2, 0.25) is 0 Å². The van der Waals surface area contributed by atoms with E-state index in [4.69, 9.17) is 11.6 Å². The summed E-state index contributed by atoms with van der Waals surface area (Å²) in [7, 11) is 5.71. The number of rotatable bonds is 4. The fraction of sp³-hybridized carbons (Fsp3) is 0.417. The summed E-state index contributed by atoms with van der Waals surface area (Å²) < 4.78 is 0. The third-order valence-electron chi connectivity index (χ3n) is 2.41. The predicted molar refractivity (Wildman–Crippen MR) is 74.2 cm³/mol. The van der Waals surface area contributed by atoms with E-state index in [0.29, 0.717) is 17.1 Å². The van der Waals surface area contributed by atoms with Gasteiger partial charge in [0.25, 0.3) is 5.91 Å². The molecule has 1 amide bonds. The van der Waals surface area contributed by atoms with Crippen molar-refractivity contribution < 1.29 is 4.79 Å². The maximum absolute atomic E-state index is 12.1. The van der Waals surface area contributed by atoms with Crippen molar-refractivity contribution in [1.82, 2.24) is 9.80 Å². The van der Waals surface area contributed by atoms with Crippen LogP contribution in [-0.2, 0) is 0 Å². The number of carbonyl (C=O) groups excluding carboxylic acids is 1. The van der Waals surface area contributed by atoms with E-state index in [2.05, 4.69) is 12.6 Å². The zero-order valence-corrected chi connectivity index (χ0v) is 11.9. The molecule has 0 fully saturated rings. The standard InChI is InChI=1S/C12H17ClN2OS/c1-14(2)6-7-15(3)12(16)10-8-9(17)4-5-11(10)13/h4-5,8,17H,6-7H2,1-3H3. The molecule has 0 aliphatic rings. The molecular weight excluding hydrogens is 256 g/mol. The molecule has 0 bridgehead atoms. The summed E-state index contributed by atoms with van der Waals surface area (Å²) in [6, 6.07) is 5.15. The lowest BCUT2D eigenvalue weighted by atomic mass is 10.2. The number of nitrogens with zero attached hydrogens (tertiary/aromatic N) is 2. The van der Waals surface area contributed by atoms with Gasteiger partial charge in [-0.05, 0) is 32.3 Å². The highest BCUT2D eigenvalue weighted by atomic mass is 35.5. The van der Waals surface area contributed by atoms with Gasteiger partial charge >= 0.3 is 0 Å². The average Bonchev–Trinajstić information content (AvgIpc) is 2.28. The van der Waals surface area contributed by atoms with Gasteiger partial charge in [-0.1, -0.05) is 11.6 Å². The first kappa shape index (κ1) is 14.4. The molecule has 5 heteroatoms. The molecule has 3 nitrogen and oxygen atoms in total. The molecule has 1 aromatic carbocycles. The molecule has 0 heterocycles. The van der Waals surface area contributed by atoms with E-state index in [1.54, 1.807) is 30.1 Å². The van der Waals surface area contributed by atoms with Crippen molar-refractivity contribution in [3.63, 3.8) is 0 Å². The molecule has 17 heavy (non-hydrogen) atoms. The third kappa shape index (κ3) is 4.22. The minimum atomic E-state index is -0.0762. The molecule has 0 aliphatic heterocycles. The van der Waals surface area contributed by atoms with Crippen LogP contribution in [-0.4, -0.2) is 49.9 Å². The van der Waals surface area contributed by atoms with E-state index in [9.17, 15) is 4.79 Å². The number of hydrogen-bond acceptors (Lipinski definition) is 3. The Morgan fingerprint density at radius 1 is 1.29 bits per heavy atom. The lowest BCUT2D eigenvalue weighted by molar-refractivity contribution is 0.0786. The Kier molecular flexibility index (Phi) is 5.31. The topological polar surface area (TPSA) is 23.6 Å². The van der Waals surface area contributed by atoms with Crippen LogP contribution in [0.25, 0.3) is 0 Å². The van der Waals surface area contributed by atoms with Gasteiger partial charge in [0.15, 0.2) is 0 Å². The summed E-state index contributed by atoms with van der Waals surface area (Å²) in [5, 5.41) is 0.463. The molecule has 1 rings (SSSR count). The van der Waals surface area contributed by atoms with Crippen molar-refractivity contribution in [2.75, 3.05) is 34.2 Å². The molecule has 0 saturated carbocycles. The Balaban J connectivity index is 2.78. The highest BCUT2D eigenvalue weighted by Crippen LogP contribution is 2.20. The van der Waals surface area contributed by atoms with Gasteiger partial charge in [-0.15, -0.1) is 12.6 Å². The van der Waals surface area contributed by atoms with Crippen molar-refractivity contribution in [3.05, 3.63) is 28.8 Å². The Morgan fingerprint density at radius 3 is 2.53 bits per heavy atom. The van der Waals surface area contributed by atoms with E-state index in [0.717, 1.165) is 11.4 Å². The number of carbonyl (C=O) groups is 1. The van der Waals surface area contributed by atoms with Crippen LogP contribution in [0.3, 0.4) is 0 Å². The Morgan fingerprint density at radius 2 is 1.94 bits per heavy atom. The molecule has 1 aromatic rings. The minimum Gasteiger partial charge on any atom is -0.340 e. The first-order valence-corrected chi connectivity index (χ1v) is 6.13. The number of halogens is 1. The van der Waals surface area contributed by atoms with Crippen LogP contribution in [0.1, 0.15) is 10.4 Å². The van der Waals surface area contributed by atoms with E-state index in [1.807, 2.05) is 19.0 Å². The number of likely N-dealkylation sites (N-methyl/N-ethyl adjacent to an activating group) is 2. The molecule has 94 valence electrons. The zero-order chi connectivity index (χ0) is 13.0. The summed E-state index contributed by atoms with van der Waals surface area (Å²) in [6.07, 6.45) is 0. The van der Waals surface area contributed by atoms with Crippen LogP contribution in [0, 0.1) is 0 Å². The van der Waals surface area contributed by atoms with Gasteiger partial charge in [-0.2, -0.15) is 0 Å². The van der Waals surface area contributed by atoms with Crippen molar-refractivity contribution >= 4 is 30.1 Å². The molecule has 0 spiro atoms. The van der Waals surface area contributed by atoms with Crippen LogP contribution in [0.2, 0.25) is 5.02 Å². The molecule has 0 aliphatic carbocycles. The van der Waals surface area contributed by atoms with Gasteiger partial charge in [0.1, 0.15) is 0 Å². The lowest BCUT2D eigenvalue weighted by Crippen LogP contribution is -2.33. The second kappa shape index (κ2) is 6.28. The van der Waals surface area contributed by atoms with Crippen LogP contribution in [0.5, 0.6) is 0 Å². The highest BCUT2D eigenvalue weighted by Gasteiger charge is 2.15. The minimum absolute atomic E-state index is 0.0762. The predicted octanol–water partition coefficient (Wildman–Crippen LogP) is 2.26.